The lowest BCUT2D eigenvalue weighted by Gasteiger charge is -2.07. The van der Waals surface area contributed by atoms with E-state index < -0.39 is 5.97 Å². The maximum Gasteiger partial charge on any atom is 0.309 e. The standard InChI is InChI=1S/C14H15NO2S/c1-8-5-4-6-11(9(8)2)14-12(7-13(16)17)15-10(3)18-14/h4-6H,7H2,1-3H3,(H,16,17). The SMILES string of the molecule is Cc1nc(CC(=O)O)c(-c2cccc(C)c2C)s1. The topological polar surface area (TPSA) is 50.2 Å². The zero-order valence-electron chi connectivity index (χ0n) is 10.7. The van der Waals surface area contributed by atoms with Crippen LogP contribution in [0.2, 0.25) is 0 Å². The summed E-state index contributed by atoms with van der Waals surface area (Å²) in [5.74, 6) is -0.841. The number of aromatic nitrogens is 1. The normalized spacial score (nSPS) is 10.6. The van der Waals surface area contributed by atoms with Gasteiger partial charge in [-0.3, -0.25) is 4.79 Å². The molecule has 1 N–H and O–H groups in total. The second kappa shape index (κ2) is 4.90. The summed E-state index contributed by atoms with van der Waals surface area (Å²) >= 11 is 1.56. The van der Waals surface area contributed by atoms with E-state index in [-0.39, 0.29) is 6.42 Å². The van der Waals surface area contributed by atoms with Gasteiger partial charge in [-0.2, -0.15) is 0 Å². The Labute approximate surface area is 110 Å². The molecule has 1 aromatic heterocycles. The molecule has 3 nitrogen and oxygen atoms in total. The fraction of sp³-hybridized carbons (Fsp3) is 0.286. The molecule has 0 aliphatic rings. The lowest BCUT2D eigenvalue weighted by molar-refractivity contribution is -0.136. The summed E-state index contributed by atoms with van der Waals surface area (Å²) in [5, 5.41) is 9.84. The Balaban J connectivity index is 2.56. The Morgan fingerprint density at radius 3 is 2.72 bits per heavy atom. The van der Waals surface area contributed by atoms with E-state index in [1.807, 2.05) is 19.1 Å². The van der Waals surface area contributed by atoms with Crippen molar-refractivity contribution in [1.82, 2.24) is 4.98 Å². The van der Waals surface area contributed by atoms with Crippen molar-refractivity contribution < 1.29 is 9.90 Å². The van der Waals surface area contributed by atoms with Crippen molar-refractivity contribution in [2.45, 2.75) is 27.2 Å². The van der Waals surface area contributed by atoms with Gasteiger partial charge in [0.15, 0.2) is 0 Å². The van der Waals surface area contributed by atoms with Crippen LogP contribution in [0.3, 0.4) is 0 Å². The van der Waals surface area contributed by atoms with Crippen LogP contribution in [-0.2, 0) is 11.2 Å². The average Bonchev–Trinajstić information content (AvgIpc) is 2.62. The molecule has 0 radical (unpaired) electrons. The zero-order chi connectivity index (χ0) is 13.3. The van der Waals surface area contributed by atoms with E-state index in [1.54, 1.807) is 11.3 Å². The molecule has 1 aromatic carbocycles. The van der Waals surface area contributed by atoms with Crippen molar-refractivity contribution in [3.05, 3.63) is 40.0 Å². The smallest absolute Gasteiger partial charge is 0.309 e. The fourth-order valence-corrected chi connectivity index (χ4v) is 2.96. The molecule has 2 aromatic rings. The summed E-state index contributed by atoms with van der Waals surface area (Å²) in [7, 11) is 0. The number of hydrogen-bond donors (Lipinski definition) is 1. The Kier molecular flexibility index (Phi) is 3.48. The molecule has 0 saturated heterocycles. The number of carboxylic acid groups (broad SMARTS) is 1. The highest BCUT2D eigenvalue weighted by Gasteiger charge is 2.16. The predicted octanol–water partition coefficient (Wildman–Crippen LogP) is 3.36. The highest BCUT2D eigenvalue weighted by Crippen LogP contribution is 2.33. The van der Waals surface area contributed by atoms with Crippen LogP contribution in [0.25, 0.3) is 10.4 Å². The first-order chi connectivity index (χ1) is 8.49. The van der Waals surface area contributed by atoms with Crippen molar-refractivity contribution in [3.8, 4) is 10.4 Å². The van der Waals surface area contributed by atoms with Gasteiger partial charge in [0.05, 0.1) is 22.0 Å². The maximum absolute atomic E-state index is 10.9. The van der Waals surface area contributed by atoms with Crippen LogP contribution in [0.4, 0.5) is 0 Å². The van der Waals surface area contributed by atoms with Gasteiger partial charge in [0.2, 0.25) is 0 Å². The van der Waals surface area contributed by atoms with E-state index in [0.29, 0.717) is 5.69 Å². The number of aliphatic carboxylic acids is 1. The Hall–Kier alpha value is -1.68. The molecule has 0 fully saturated rings. The molecule has 0 aliphatic heterocycles. The lowest BCUT2D eigenvalue weighted by Crippen LogP contribution is -2.02. The molecule has 18 heavy (non-hydrogen) atoms. The zero-order valence-corrected chi connectivity index (χ0v) is 11.5. The van der Waals surface area contributed by atoms with Gasteiger partial charge < -0.3 is 5.11 Å². The summed E-state index contributed by atoms with van der Waals surface area (Å²) in [6.45, 7) is 6.03. The number of carboxylic acids is 1. The van der Waals surface area contributed by atoms with Gasteiger partial charge in [-0.15, -0.1) is 11.3 Å². The van der Waals surface area contributed by atoms with Gasteiger partial charge in [0.25, 0.3) is 0 Å². The predicted molar refractivity (Wildman–Crippen MR) is 73.1 cm³/mol. The first kappa shape index (κ1) is 12.8. The van der Waals surface area contributed by atoms with Crippen molar-refractivity contribution in [2.24, 2.45) is 0 Å². The van der Waals surface area contributed by atoms with Crippen molar-refractivity contribution in [2.75, 3.05) is 0 Å². The Morgan fingerprint density at radius 2 is 2.06 bits per heavy atom. The number of rotatable bonds is 3. The van der Waals surface area contributed by atoms with E-state index in [2.05, 4.69) is 24.9 Å². The van der Waals surface area contributed by atoms with E-state index in [4.69, 9.17) is 5.11 Å². The highest BCUT2D eigenvalue weighted by molar-refractivity contribution is 7.15. The summed E-state index contributed by atoms with van der Waals surface area (Å²) in [6.07, 6.45) is -0.0208. The highest BCUT2D eigenvalue weighted by atomic mass is 32.1. The largest absolute Gasteiger partial charge is 0.481 e. The number of hydrogen-bond acceptors (Lipinski definition) is 3. The molecular weight excluding hydrogens is 246 g/mol. The molecule has 1 heterocycles. The lowest BCUT2D eigenvalue weighted by atomic mass is 10.0. The summed E-state index contributed by atoms with van der Waals surface area (Å²) in [6, 6.07) is 6.08. The molecular formula is C14H15NO2S. The van der Waals surface area contributed by atoms with Crippen LogP contribution in [-0.4, -0.2) is 16.1 Å². The minimum Gasteiger partial charge on any atom is -0.481 e. The van der Waals surface area contributed by atoms with Crippen LogP contribution in [0.15, 0.2) is 18.2 Å². The van der Waals surface area contributed by atoms with Crippen LogP contribution in [0.1, 0.15) is 21.8 Å². The molecule has 0 atom stereocenters. The van der Waals surface area contributed by atoms with Crippen LogP contribution in [0.5, 0.6) is 0 Å². The number of thiazole rings is 1. The second-order valence-corrected chi connectivity index (χ2v) is 5.53. The number of nitrogens with zero attached hydrogens (tertiary/aromatic N) is 1. The second-order valence-electron chi connectivity index (χ2n) is 4.33. The summed E-state index contributed by atoms with van der Waals surface area (Å²) in [4.78, 5) is 16.2. The molecule has 94 valence electrons. The maximum atomic E-state index is 10.9. The minimum absolute atomic E-state index is 0.0208. The van der Waals surface area contributed by atoms with Gasteiger partial charge in [-0.25, -0.2) is 4.98 Å². The van der Waals surface area contributed by atoms with Crippen LogP contribution < -0.4 is 0 Å². The van der Waals surface area contributed by atoms with Crippen LogP contribution >= 0.6 is 11.3 Å². The van der Waals surface area contributed by atoms with Crippen LogP contribution in [0, 0.1) is 20.8 Å². The van der Waals surface area contributed by atoms with E-state index in [1.165, 1.54) is 11.1 Å². The third-order valence-corrected chi connectivity index (χ3v) is 4.02. The monoisotopic (exact) mass is 261 g/mol. The number of carbonyl (C=O) groups is 1. The molecule has 2 rings (SSSR count). The van der Waals surface area contributed by atoms with Crippen molar-refractivity contribution >= 4 is 17.3 Å². The molecule has 4 heteroatoms. The Bertz CT molecular complexity index is 602. The van der Waals surface area contributed by atoms with Crippen molar-refractivity contribution in [3.63, 3.8) is 0 Å². The molecule has 0 aliphatic carbocycles. The molecule has 0 amide bonds. The first-order valence-corrected chi connectivity index (χ1v) is 6.55. The summed E-state index contributed by atoms with van der Waals surface area (Å²) < 4.78 is 0. The van der Waals surface area contributed by atoms with Gasteiger partial charge >= 0.3 is 5.97 Å². The van der Waals surface area contributed by atoms with Gasteiger partial charge in [-0.1, -0.05) is 18.2 Å². The van der Waals surface area contributed by atoms with E-state index in [0.717, 1.165) is 15.4 Å². The van der Waals surface area contributed by atoms with Gasteiger partial charge in [0.1, 0.15) is 0 Å². The van der Waals surface area contributed by atoms with E-state index in [9.17, 15) is 4.79 Å². The third-order valence-electron chi connectivity index (χ3n) is 2.97. The summed E-state index contributed by atoms with van der Waals surface area (Å²) in [5.41, 5.74) is 4.16. The average molecular weight is 261 g/mol. The molecule has 0 spiro atoms. The Morgan fingerprint density at radius 1 is 1.33 bits per heavy atom. The number of aryl methyl sites for hydroxylation is 2. The fourth-order valence-electron chi connectivity index (χ4n) is 1.94. The van der Waals surface area contributed by atoms with Gasteiger partial charge in [0, 0.05) is 0 Å². The number of benzene rings is 1. The van der Waals surface area contributed by atoms with Gasteiger partial charge in [-0.05, 0) is 37.5 Å². The minimum atomic E-state index is -0.841. The third kappa shape index (κ3) is 2.43. The van der Waals surface area contributed by atoms with E-state index >= 15 is 0 Å². The van der Waals surface area contributed by atoms with Crippen molar-refractivity contribution in [1.29, 1.82) is 0 Å². The molecule has 0 saturated carbocycles. The molecule has 0 unspecified atom stereocenters. The molecule has 0 bridgehead atoms. The first-order valence-electron chi connectivity index (χ1n) is 5.73. The quantitative estimate of drug-likeness (QED) is 0.921.